The van der Waals surface area contributed by atoms with E-state index in [0.29, 0.717) is 5.41 Å². The van der Waals surface area contributed by atoms with Crippen molar-refractivity contribution in [2.75, 3.05) is 25.1 Å². The number of hydrogen-bond donors (Lipinski definition) is 0. The lowest BCUT2D eigenvalue weighted by atomic mass is 9.75. The van der Waals surface area contributed by atoms with Crippen molar-refractivity contribution in [2.24, 2.45) is 11.3 Å². The van der Waals surface area contributed by atoms with Crippen LogP contribution in [0.4, 0.5) is 5.82 Å². The standard InChI is InChI=1S/C15H23N3O2/c1-15(2,3)11-5-7-18(8-6-11)13-10-16-12(9-17-13)14(19)20-4/h9-11H,5-8H2,1-4H3. The molecule has 0 aromatic carbocycles. The Kier molecular flexibility index (Phi) is 4.26. The molecule has 1 fully saturated rings. The monoisotopic (exact) mass is 277 g/mol. The molecule has 0 aliphatic carbocycles. The SMILES string of the molecule is COC(=O)c1cnc(N2CCC(C(C)(C)C)CC2)cn1. The Morgan fingerprint density at radius 3 is 2.35 bits per heavy atom. The highest BCUT2D eigenvalue weighted by Crippen LogP contribution is 2.35. The second-order valence-electron chi connectivity index (χ2n) is 6.38. The van der Waals surface area contributed by atoms with Gasteiger partial charge in [0.2, 0.25) is 0 Å². The van der Waals surface area contributed by atoms with E-state index >= 15 is 0 Å². The van der Waals surface area contributed by atoms with Gasteiger partial charge in [0.25, 0.3) is 0 Å². The van der Waals surface area contributed by atoms with Crippen molar-refractivity contribution >= 4 is 11.8 Å². The fourth-order valence-corrected chi connectivity index (χ4v) is 2.67. The first-order valence-electron chi connectivity index (χ1n) is 7.07. The van der Waals surface area contributed by atoms with Crippen LogP contribution in [-0.2, 0) is 4.74 Å². The molecule has 20 heavy (non-hydrogen) atoms. The van der Waals surface area contributed by atoms with Crippen LogP contribution in [0.1, 0.15) is 44.1 Å². The van der Waals surface area contributed by atoms with Crippen molar-refractivity contribution in [2.45, 2.75) is 33.6 Å². The fraction of sp³-hybridized carbons (Fsp3) is 0.667. The number of nitrogens with zero attached hydrogens (tertiary/aromatic N) is 3. The summed E-state index contributed by atoms with van der Waals surface area (Å²) in [5.74, 6) is 1.14. The molecule has 1 aliphatic heterocycles. The lowest BCUT2D eigenvalue weighted by Crippen LogP contribution is -2.38. The van der Waals surface area contributed by atoms with Crippen LogP contribution in [0.5, 0.6) is 0 Å². The summed E-state index contributed by atoms with van der Waals surface area (Å²) in [6.07, 6.45) is 5.48. The molecule has 1 aromatic heterocycles. The summed E-state index contributed by atoms with van der Waals surface area (Å²) in [6, 6.07) is 0. The molecule has 0 N–H and O–H groups in total. The molecular formula is C15H23N3O2. The molecule has 0 unspecified atom stereocenters. The Balaban J connectivity index is 1.99. The van der Waals surface area contributed by atoms with Crippen LogP contribution in [0.3, 0.4) is 0 Å². The average molecular weight is 277 g/mol. The van der Waals surface area contributed by atoms with Crippen molar-refractivity contribution in [3.8, 4) is 0 Å². The maximum atomic E-state index is 11.3. The first-order valence-corrected chi connectivity index (χ1v) is 7.07. The minimum absolute atomic E-state index is 0.251. The molecule has 1 aromatic rings. The van der Waals surface area contributed by atoms with Crippen LogP contribution in [0.25, 0.3) is 0 Å². The lowest BCUT2D eigenvalue weighted by Gasteiger charge is -2.39. The molecular weight excluding hydrogens is 254 g/mol. The van der Waals surface area contributed by atoms with E-state index in [1.54, 1.807) is 6.20 Å². The van der Waals surface area contributed by atoms with E-state index < -0.39 is 5.97 Å². The summed E-state index contributed by atoms with van der Waals surface area (Å²) in [7, 11) is 1.34. The summed E-state index contributed by atoms with van der Waals surface area (Å²) >= 11 is 0. The molecule has 0 bridgehead atoms. The smallest absolute Gasteiger partial charge is 0.358 e. The van der Waals surface area contributed by atoms with Crippen molar-refractivity contribution in [3.63, 3.8) is 0 Å². The second kappa shape index (κ2) is 5.77. The first kappa shape index (κ1) is 14.8. The molecule has 0 amide bonds. The van der Waals surface area contributed by atoms with E-state index in [0.717, 1.165) is 24.8 Å². The van der Waals surface area contributed by atoms with Gasteiger partial charge in [0.15, 0.2) is 5.69 Å². The molecule has 0 saturated carbocycles. The molecule has 0 radical (unpaired) electrons. The van der Waals surface area contributed by atoms with Gasteiger partial charge in [-0.3, -0.25) is 0 Å². The molecule has 0 atom stereocenters. The maximum Gasteiger partial charge on any atom is 0.358 e. The largest absolute Gasteiger partial charge is 0.464 e. The zero-order chi connectivity index (χ0) is 14.8. The highest BCUT2D eigenvalue weighted by Gasteiger charge is 2.29. The minimum Gasteiger partial charge on any atom is -0.464 e. The topological polar surface area (TPSA) is 55.3 Å². The zero-order valence-corrected chi connectivity index (χ0v) is 12.7. The number of carbonyl (C=O) groups is 1. The van der Waals surface area contributed by atoms with Gasteiger partial charge in [0.1, 0.15) is 5.82 Å². The van der Waals surface area contributed by atoms with Crippen molar-refractivity contribution in [1.29, 1.82) is 0 Å². The second-order valence-corrected chi connectivity index (χ2v) is 6.38. The fourth-order valence-electron chi connectivity index (χ4n) is 2.67. The Bertz CT molecular complexity index is 457. The molecule has 1 saturated heterocycles. The molecule has 0 spiro atoms. The summed E-state index contributed by atoms with van der Waals surface area (Å²) in [5, 5.41) is 0. The van der Waals surface area contributed by atoms with Crippen LogP contribution in [-0.4, -0.2) is 36.1 Å². The van der Waals surface area contributed by atoms with Gasteiger partial charge in [-0.05, 0) is 24.2 Å². The normalized spacial score (nSPS) is 17.1. The number of rotatable bonds is 2. The third kappa shape index (κ3) is 3.26. The van der Waals surface area contributed by atoms with Crippen molar-refractivity contribution in [1.82, 2.24) is 9.97 Å². The molecule has 5 nitrogen and oxygen atoms in total. The number of methoxy groups -OCH3 is 1. The van der Waals surface area contributed by atoms with Crippen LogP contribution >= 0.6 is 0 Å². The van der Waals surface area contributed by atoms with Gasteiger partial charge < -0.3 is 9.64 Å². The van der Waals surface area contributed by atoms with Gasteiger partial charge in [-0.15, -0.1) is 0 Å². The predicted molar refractivity (Wildman–Crippen MR) is 77.8 cm³/mol. The third-order valence-corrected chi connectivity index (χ3v) is 4.08. The summed E-state index contributed by atoms with van der Waals surface area (Å²) < 4.78 is 4.62. The number of piperidine rings is 1. The van der Waals surface area contributed by atoms with Gasteiger partial charge in [-0.1, -0.05) is 20.8 Å². The van der Waals surface area contributed by atoms with Gasteiger partial charge in [-0.25, -0.2) is 14.8 Å². The highest BCUT2D eigenvalue weighted by molar-refractivity contribution is 5.86. The average Bonchev–Trinajstić information content (AvgIpc) is 2.46. The van der Waals surface area contributed by atoms with E-state index in [1.165, 1.54) is 26.1 Å². The quantitative estimate of drug-likeness (QED) is 0.777. The minimum atomic E-state index is -0.449. The van der Waals surface area contributed by atoms with Crippen molar-refractivity contribution < 1.29 is 9.53 Å². The number of anilines is 1. The molecule has 2 heterocycles. The summed E-state index contributed by atoms with van der Waals surface area (Å²) in [6.45, 7) is 8.90. The Hall–Kier alpha value is -1.65. The van der Waals surface area contributed by atoms with E-state index in [1.807, 2.05) is 0 Å². The maximum absolute atomic E-state index is 11.3. The molecule has 1 aliphatic rings. The number of aromatic nitrogens is 2. The summed E-state index contributed by atoms with van der Waals surface area (Å²) in [4.78, 5) is 22.0. The lowest BCUT2D eigenvalue weighted by molar-refractivity contribution is 0.0593. The number of esters is 1. The van der Waals surface area contributed by atoms with Gasteiger partial charge >= 0.3 is 5.97 Å². The van der Waals surface area contributed by atoms with E-state index in [9.17, 15) is 4.79 Å². The number of hydrogen-bond acceptors (Lipinski definition) is 5. The molecule has 110 valence electrons. The van der Waals surface area contributed by atoms with E-state index in [2.05, 4.69) is 40.4 Å². The Morgan fingerprint density at radius 1 is 1.25 bits per heavy atom. The van der Waals surface area contributed by atoms with Gasteiger partial charge in [-0.2, -0.15) is 0 Å². The van der Waals surface area contributed by atoms with Crippen LogP contribution < -0.4 is 4.90 Å². The number of ether oxygens (including phenoxy) is 1. The Morgan fingerprint density at radius 2 is 1.90 bits per heavy atom. The first-order chi connectivity index (χ1) is 9.41. The Labute approximate surface area is 120 Å². The van der Waals surface area contributed by atoms with Crippen LogP contribution in [0.15, 0.2) is 12.4 Å². The molecule has 5 heteroatoms. The zero-order valence-electron chi connectivity index (χ0n) is 12.7. The predicted octanol–water partition coefficient (Wildman–Crippen LogP) is 2.53. The van der Waals surface area contributed by atoms with Gasteiger partial charge in [0.05, 0.1) is 19.5 Å². The van der Waals surface area contributed by atoms with Gasteiger partial charge in [0, 0.05) is 13.1 Å². The number of carbonyl (C=O) groups excluding carboxylic acids is 1. The molecule has 2 rings (SSSR count). The third-order valence-electron chi connectivity index (χ3n) is 4.08. The van der Waals surface area contributed by atoms with Crippen molar-refractivity contribution in [3.05, 3.63) is 18.1 Å². The van der Waals surface area contributed by atoms with Crippen LogP contribution in [0.2, 0.25) is 0 Å². The summed E-state index contributed by atoms with van der Waals surface area (Å²) in [5.41, 5.74) is 0.618. The van der Waals surface area contributed by atoms with E-state index in [4.69, 9.17) is 0 Å². The van der Waals surface area contributed by atoms with E-state index in [-0.39, 0.29) is 5.69 Å². The van der Waals surface area contributed by atoms with Crippen LogP contribution in [0, 0.1) is 11.3 Å². The highest BCUT2D eigenvalue weighted by atomic mass is 16.5.